The monoisotopic (exact) mass is 370 g/mol. The molecule has 0 fully saturated rings. The van der Waals surface area contributed by atoms with E-state index in [2.05, 4.69) is 15.4 Å². The molecule has 1 aromatic carbocycles. The van der Waals surface area contributed by atoms with Crippen molar-refractivity contribution in [1.29, 1.82) is 0 Å². The zero-order chi connectivity index (χ0) is 19.9. The Morgan fingerprint density at radius 2 is 1.67 bits per heavy atom. The van der Waals surface area contributed by atoms with Crippen molar-refractivity contribution in [3.8, 4) is 0 Å². The smallest absolute Gasteiger partial charge is 0.277 e. The first kappa shape index (κ1) is 17.9. The number of amides is 1. The highest BCUT2D eigenvalue weighted by atomic mass is 16.6. The lowest BCUT2D eigenvalue weighted by molar-refractivity contribution is -0.394. The van der Waals surface area contributed by atoms with Gasteiger partial charge in [-0.25, -0.2) is 9.67 Å². The molecule has 1 N–H and O–H groups in total. The number of nitro groups is 2. The Balaban J connectivity index is 2.05. The normalized spacial score (nSPS) is 10.8. The van der Waals surface area contributed by atoms with Crippen molar-refractivity contribution >= 4 is 34.1 Å². The van der Waals surface area contributed by atoms with Crippen molar-refractivity contribution < 1.29 is 14.6 Å². The predicted molar refractivity (Wildman–Crippen MR) is 95.7 cm³/mol. The topological polar surface area (TPSA) is 146 Å². The van der Waals surface area contributed by atoms with Gasteiger partial charge >= 0.3 is 0 Å². The van der Waals surface area contributed by atoms with E-state index in [1.54, 1.807) is 7.05 Å². The standard InChI is InChI=1S/C16H14N6O5/c1-8-4-9(2)17-15-13(8)14(19-20(15)3)18-16(23)10-5-11(21(24)25)7-12(6-10)22(26)27/h4-7H,1-3H3,(H,18,19,23). The molecule has 2 aromatic heterocycles. The Labute approximate surface area is 151 Å². The SMILES string of the molecule is Cc1cc(C)c2c(NC(=O)c3cc([N+](=O)[O-])cc([N+](=O)[O-])c3)nn(C)c2n1. The molecule has 1 amide bonds. The summed E-state index contributed by atoms with van der Waals surface area (Å²) in [6.07, 6.45) is 0. The van der Waals surface area contributed by atoms with E-state index < -0.39 is 27.1 Å². The highest BCUT2D eigenvalue weighted by Gasteiger charge is 2.22. The van der Waals surface area contributed by atoms with Gasteiger partial charge in [0.15, 0.2) is 11.5 Å². The van der Waals surface area contributed by atoms with Gasteiger partial charge in [-0.15, -0.1) is 0 Å². The molecule has 0 aliphatic rings. The van der Waals surface area contributed by atoms with Crippen molar-refractivity contribution in [2.75, 3.05) is 5.32 Å². The van der Waals surface area contributed by atoms with Gasteiger partial charge in [-0.05, 0) is 25.5 Å². The van der Waals surface area contributed by atoms with Crippen molar-refractivity contribution in [3.63, 3.8) is 0 Å². The van der Waals surface area contributed by atoms with Gasteiger partial charge in [-0.3, -0.25) is 25.0 Å². The van der Waals surface area contributed by atoms with Crippen LogP contribution in [0.4, 0.5) is 17.2 Å². The van der Waals surface area contributed by atoms with Crippen molar-refractivity contribution in [3.05, 3.63) is 61.3 Å². The number of rotatable bonds is 4. The third-order valence-electron chi connectivity index (χ3n) is 3.94. The fourth-order valence-electron chi connectivity index (χ4n) is 2.80. The number of aromatic nitrogens is 3. The third-order valence-corrected chi connectivity index (χ3v) is 3.94. The average Bonchev–Trinajstić information content (AvgIpc) is 2.90. The molecule has 3 rings (SSSR count). The number of carbonyl (C=O) groups is 1. The zero-order valence-electron chi connectivity index (χ0n) is 14.6. The Morgan fingerprint density at radius 1 is 1.07 bits per heavy atom. The molecular weight excluding hydrogens is 356 g/mol. The molecule has 11 heteroatoms. The first-order chi connectivity index (χ1) is 12.7. The fourth-order valence-corrected chi connectivity index (χ4v) is 2.80. The molecule has 138 valence electrons. The number of nitrogens with one attached hydrogen (secondary N) is 1. The molecule has 0 unspecified atom stereocenters. The highest BCUT2D eigenvalue weighted by molar-refractivity contribution is 6.08. The number of carbonyl (C=O) groups excluding carboxylic acids is 1. The summed E-state index contributed by atoms with van der Waals surface area (Å²) in [6, 6.07) is 4.58. The molecule has 3 aromatic rings. The lowest BCUT2D eigenvalue weighted by Gasteiger charge is -2.05. The molecule has 11 nitrogen and oxygen atoms in total. The number of non-ortho nitro benzene ring substituents is 2. The number of nitrogens with zero attached hydrogens (tertiary/aromatic N) is 5. The number of hydrogen-bond donors (Lipinski definition) is 1. The first-order valence-electron chi connectivity index (χ1n) is 7.73. The summed E-state index contributed by atoms with van der Waals surface area (Å²) in [5.41, 5.74) is 0.878. The van der Waals surface area contributed by atoms with Crippen LogP contribution < -0.4 is 5.32 Å². The first-order valence-corrected chi connectivity index (χ1v) is 7.73. The number of hydrogen-bond acceptors (Lipinski definition) is 7. The predicted octanol–water partition coefficient (Wildman–Crippen LogP) is 2.65. The van der Waals surface area contributed by atoms with Crippen molar-refractivity contribution in [2.45, 2.75) is 13.8 Å². The molecular formula is C16H14N6O5. The van der Waals surface area contributed by atoms with Crippen LogP contribution in [0.15, 0.2) is 24.3 Å². The van der Waals surface area contributed by atoms with E-state index in [9.17, 15) is 25.0 Å². The van der Waals surface area contributed by atoms with E-state index >= 15 is 0 Å². The minimum absolute atomic E-state index is 0.215. The van der Waals surface area contributed by atoms with Gasteiger partial charge in [0, 0.05) is 24.9 Å². The number of nitro benzene ring substituents is 2. The van der Waals surface area contributed by atoms with Gasteiger partial charge in [0.05, 0.1) is 26.9 Å². The Kier molecular flexibility index (Phi) is 4.27. The molecule has 2 heterocycles. The molecule has 0 aliphatic heterocycles. The zero-order valence-corrected chi connectivity index (χ0v) is 14.6. The minimum Gasteiger partial charge on any atom is -0.304 e. The second-order valence-electron chi connectivity index (χ2n) is 5.96. The van der Waals surface area contributed by atoms with Crippen LogP contribution >= 0.6 is 0 Å². The van der Waals surface area contributed by atoms with E-state index in [0.717, 1.165) is 29.5 Å². The van der Waals surface area contributed by atoms with Crippen LogP contribution in [0.3, 0.4) is 0 Å². The van der Waals surface area contributed by atoms with Crippen LogP contribution in [0.25, 0.3) is 11.0 Å². The molecule has 27 heavy (non-hydrogen) atoms. The highest BCUT2D eigenvalue weighted by Crippen LogP contribution is 2.27. The lowest BCUT2D eigenvalue weighted by Crippen LogP contribution is -2.13. The van der Waals surface area contributed by atoms with Crippen LogP contribution in [0.1, 0.15) is 21.6 Å². The Hall–Kier alpha value is -3.89. The van der Waals surface area contributed by atoms with Gasteiger partial charge in [-0.1, -0.05) is 0 Å². The van der Waals surface area contributed by atoms with Gasteiger partial charge in [0.2, 0.25) is 0 Å². The van der Waals surface area contributed by atoms with Crippen molar-refractivity contribution in [1.82, 2.24) is 14.8 Å². The number of anilines is 1. The maximum Gasteiger partial charge on any atom is 0.277 e. The summed E-state index contributed by atoms with van der Waals surface area (Å²) in [4.78, 5) is 37.3. The van der Waals surface area contributed by atoms with E-state index in [1.807, 2.05) is 19.9 Å². The second-order valence-corrected chi connectivity index (χ2v) is 5.96. The van der Waals surface area contributed by atoms with E-state index in [0.29, 0.717) is 11.0 Å². The summed E-state index contributed by atoms with van der Waals surface area (Å²) >= 11 is 0. The Morgan fingerprint density at radius 3 is 2.22 bits per heavy atom. The quantitative estimate of drug-likeness (QED) is 0.548. The van der Waals surface area contributed by atoms with Crippen LogP contribution in [0, 0.1) is 34.1 Å². The number of aryl methyl sites for hydroxylation is 3. The number of benzene rings is 1. The van der Waals surface area contributed by atoms with E-state index in [-0.39, 0.29) is 11.4 Å². The van der Waals surface area contributed by atoms with E-state index in [1.165, 1.54) is 4.68 Å². The van der Waals surface area contributed by atoms with Crippen LogP contribution in [-0.4, -0.2) is 30.5 Å². The molecule has 0 bridgehead atoms. The average molecular weight is 370 g/mol. The molecule has 0 saturated carbocycles. The summed E-state index contributed by atoms with van der Waals surface area (Å²) in [6.45, 7) is 3.67. The summed E-state index contributed by atoms with van der Waals surface area (Å²) < 4.78 is 1.50. The van der Waals surface area contributed by atoms with Gasteiger partial charge in [0.25, 0.3) is 17.3 Å². The second kappa shape index (κ2) is 6.44. The number of fused-ring (bicyclic) bond motifs is 1. The Bertz CT molecular complexity index is 1090. The molecule has 0 saturated heterocycles. The maximum absolute atomic E-state index is 12.6. The number of pyridine rings is 1. The third kappa shape index (κ3) is 3.29. The molecule has 0 aliphatic carbocycles. The van der Waals surface area contributed by atoms with E-state index in [4.69, 9.17) is 0 Å². The fraction of sp³-hybridized carbons (Fsp3) is 0.188. The maximum atomic E-state index is 12.6. The van der Waals surface area contributed by atoms with Gasteiger partial charge in [0.1, 0.15) is 0 Å². The minimum atomic E-state index is -0.795. The van der Waals surface area contributed by atoms with Crippen LogP contribution in [0.2, 0.25) is 0 Å². The van der Waals surface area contributed by atoms with Gasteiger partial charge in [-0.2, -0.15) is 5.10 Å². The molecule has 0 atom stereocenters. The summed E-state index contributed by atoms with van der Waals surface area (Å²) in [5, 5.41) is 29.4. The lowest BCUT2D eigenvalue weighted by atomic mass is 10.1. The van der Waals surface area contributed by atoms with Crippen molar-refractivity contribution in [2.24, 2.45) is 7.05 Å². The summed E-state index contributed by atoms with van der Waals surface area (Å²) in [5.74, 6) is -0.529. The van der Waals surface area contributed by atoms with Crippen LogP contribution in [-0.2, 0) is 7.05 Å². The molecule has 0 radical (unpaired) electrons. The largest absolute Gasteiger partial charge is 0.304 e. The molecule has 0 spiro atoms. The summed E-state index contributed by atoms with van der Waals surface area (Å²) in [7, 11) is 1.67. The van der Waals surface area contributed by atoms with Gasteiger partial charge < -0.3 is 5.32 Å². The van der Waals surface area contributed by atoms with Crippen LogP contribution in [0.5, 0.6) is 0 Å².